The lowest BCUT2D eigenvalue weighted by atomic mass is 10.2. The Kier molecular flexibility index (Phi) is 5.83. The predicted molar refractivity (Wildman–Crippen MR) is 88.0 cm³/mol. The quantitative estimate of drug-likeness (QED) is 0.805. The fourth-order valence-corrected chi connectivity index (χ4v) is 2.40. The van der Waals surface area contributed by atoms with Gasteiger partial charge in [-0.1, -0.05) is 25.1 Å². The Morgan fingerprint density at radius 2 is 2.05 bits per heavy atom. The highest BCUT2D eigenvalue weighted by atomic mass is 32.2. The molecule has 0 aromatic heterocycles. The van der Waals surface area contributed by atoms with Gasteiger partial charge < -0.3 is 10.1 Å². The van der Waals surface area contributed by atoms with E-state index < -0.39 is 11.9 Å². The maximum Gasteiger partial charge on any atom is 0.265 e. The van der Waals surface area contributed by atoms with Gasteiger partial charge in [-0.15, -0.1) is 11.8 Å². The molecule has 0 fully saturated rings. The van der Waals surface area contributed by atoms with E-state index in [4.69, 9.17) is 4.74 Å². The topological polar surface area (TPSA) is 38.3 Å². The molecule has 5 heteroatoms. The summed E-state index contributed by atoms with van der Waals surface area (Å²) in [7, 11) is 0. The van der Waals surface area contributed by atoms with Crippen molar-refractivity contribution in [2.24, 2.45) is 0 Å². The number of carbonyl (C=O) groups is 1. The SMILES string of the molecule is CCC(Oc1ccccc1F)C(=O)Nc1cccc(SC)c1. The lowest BCUT2D eigenvalue weighted by Crippen LogP contribution is -2.32. The fraction of sp³-hybridized carbons (Fsp3) is 0.235. The van der Waals surface area contributed by atoms with Gasteiger partial charge in [-0.3, -0.25) is 4.79 Å². The highest BCUT2D eigenvalue weighted by molar-refractivity contribution is 7.98. The molecule has 1 unspecified atom stereocenters. The van der Waals surface area contributed by atoms with Crippen LogP contribution in [0.5, 0.6) is 5.75 Å². The molecule has 1 atom stereocenters. The zero-order valence-corrected chi connectivity index (χ0v) is 13.3. The van der Waals surface area contributed by atoms with E-state index in [2.05, 4.69) is 5.32 Å². The molecule has 0 aliphatic heterocycles. The number of carbonyl (C=O) groups excluding carboxylic acids is 1. The Morgan fingerprint density at radius 1 is 1.27 bits per heavy atom. The van der Waals surface area contributed by atoms with Gasteiger partial charge in [0.05, 0.1) is 0 Å². The summed E-state index contributed by atoms with van der Waals surface area (Å²) in [5, 5.41) is 2.81. The normalized spacial score (nSPS) is 11.8. The highest BCUT2D eigenvalue weighted by Gasteiger charge is 2.20. The summed E-state index contributed by atoms with van der Waals surface area (Å²) in [5.41, 5.74) is 0.701. The minimum Gasteiger partial charge on any atom is -0.478 e. The molecule has 2 aromatic rings. The number of rotatable bonds is 6. The largest absolute Gasteiger partial charge is 0.478 e. The number of hydrogen-bond donors (Lipinski definition) is 1. The van der Waals surface area contributed by atoms with Crippen molar-refractivity contribution in [2.45, 2.75) is 24.3 Å². The Balaban J connectivity index is 2.07. The van der Waals surface area contributed by atoms with Gasteiger partial charge in [0, 0.05) is 10.6 Å². The van der Waals surface area contributed by atoms with E-state index in [1.54, 1.807) is 23.9 Å². The van der Waals surface area contributed by atoms with Gasteiger partial charge in [0.15, 0.2) is 17.7 Å². The molecule has 0 bridgehead atoms. The number of ether oxygens (including phenoxy) is 1. The molecular weight excluding hydrogens is 301 g/mol. The number of hydrogen-bond acceptors (Lipinski definition) is 3. The Hall–Kier alpha value is -2.01. The van der Waals surface area contributed by atoms with Gasteiger partial charge in [-0.2, -0.15) is 0 Å². The maximum absolute atomic E-state index is 13.6. The van der Waals surface area contributed by atoms with Crippen LogP contribution in [0.4, 0.5) is 10.1 Å². The molecule has 0 saturated carbocycles. The average Bonchev–Trinajstić information content (AvgIpc) is 2.54. The molecule has 3 nitrogen and oxygen atoms in total. The van der Waals surface area contributed by atoms with E-state index in [0.717, 1.165) is 4.90 Å². The number of thioether (sulfide) groups is 1. The van der Waals surface area contributed by atoms with Crippen molar-refractivity contribution in [3.63, 3.8) is 0 Å². The van der Waals surface area contributed by atoms with Crippen molar-refractivity contribution in [1.82, 2.24) is 0 Å². The van der Waals surface area contributed by atoms with Crippen LogP contribution in [0, 0.1) is 5.82 Å². The number of nitrogens with one attached hydrogen (secondary N) is 1. The van der Waals surface area contributed by atoms with Crippen LogP contribution in [0.25, 0.3) is 0 Å². The molecule has 1 N–H and O–H groups in total. The number of halogens is 1. The van der Waals surface area contributed by atoms with Crippen molar-refractivity contribution < 1.29 is 13.9 Å². The van der Waals surface area contributed by atoms with Gasteiger partial charge in [0.25, 0.3) is 5.91 Å². The molecular formula is C17H18FNO2S. The van der Waals surface area contributed by atoms with Crippen molar-refractivity contribution in [3.8, 4) is 5.75 Å². The van der Waals surface area contributed by atoms with E-state index in [1.165, 1.54) is 12.1 Å². The third-order valence-corrected chi connectivity index (χ3v) is 3.83. The monoisotopic (exact) mass is 319 g/mol. The van der Waals surface area contributed by atoms with Gasteiger partial charge in [-0.25, -0.2) is 4.39 Å². The molecule has 0 heterocycles. The first-order valence-electron chi connectivity index (χ1n) is 7.00. The summed E-state index contributed by atoms with van der Waals surface area (Å²) >= 11 is 1.60. The van der Waals surface area contributed by atoms with E-state index in [9.17, 15) is 9.18 Å². The maximum atomic E-state index is 13.6. The van der Waals surface area contributed by atoms with Crippen molar-refractivity contribution in [2.75, 3.05) is 11.6 Å². The third-order valence-electron chi connectivity index (χ3n) is 3.11. The molecule has 0 saturated heterocycles. The van der Waals surface area contributed by atoms with Crippen LogP contribution in [-0.4, -0.2) is 18.3 Å². The molecule has 0 aliphatic rings. The van der Waals surface area contributed by atoms with E-state index in [0.29, 0.717) is 12.1 Å². The molecule has 1 amide bonds. The minimum atomic E-state index is -0.741. The summed E-state index contributed by atoms with van der Waals surface area (Å²) < 4.78 is 19.1. The van der Waals surface area contributed by atoms with Crippen molar-refractivity contribution >= 4 is 23.4 Å². The van der Waals surface area contributed by atoms with Crippen LogP contribution in [0.2, 0.25) is 0 Å². The van der Waals surface area contributed by atoms with Gasteiger partial charge in [-0.05, 0) is 43.0 Å². The second-order valence-corrected chi connectivity index (χ2v) is 5.55. The van der Waals surface area contributed by atoms with Crippen molar-refractivity contribution in [1.29, 1.82) is 0 Å². The lowest BCUT2D eigenvalue weighted by molar-refractivity contribution is -0.122. The molecule has 22 heavy (non-hydrogen) atoms. The molecule has 0 radical (unpaired) electrons. The van der Waals surface area contributed by atoms with Crippen LogP contribution in [-0.2, 0) is 4.79 Å². The summed E-state index contributed by atoms with van der Waals surface area (Å²) in [4.78, 5) is 13.3. The second-order valence-electron chi connectivity index (χ2n) is 4.67. The Morgan fingerprint density at radius 3 is 2.73 bits per heavy atom. The minimum absolute atomic E-state index is 0.0855. The fourth-order valence-electron chi connectivity index (χ4n) is 1.94. The number of para-hydroxylation sites is 1. The van der Waals surface area contributed by atoms with Gasteiger partial charge in [0.2, 0.25) is 0 Å². The summed E-state index contributed by atoms with van der Waals surface area (Å²) in [6, 6.07) is 13.6. The average molecular weight is 319 g/mol. The Bertz CT molecular complexity index is 648. The standard InChI is InChI=1S/C17H18FNO2S/c1-3-15(21-16-10-5-4-9-14(16)18)17(20)19-12-7-6-8-13(11-12)22-2/h4-11,15H,3H2,1-2H3,(H,19,20). The lowest BCUT2D eigenvalue weighted by Gasteiger charge is -2.17. The van der Waals surface area contributed by atoms with Crippen molar-refractivity contribution in [3.05, 3.63) is 54.3 Å². The number of anilines is 1. The third kappa shape index (κ3) is 4.24. The molecule has 2 aromatic carbocycles. The van der Waals surface area contributed by atoms with Crippen LogP contribution in [0.15, 0.2) is 53.4 Å². The predicted octanol–water partition coefficient (Wildman–Crippen LogP) is 4.34. The Labute approximate surface area is 133 Å². The number of amides is 1. The smallest absolute Gasteiger partial charge is 0.265 e. The van der Waals surface area contributed by atoms with E-state index >= 15 is 0 Å². The molecule has 0 spiro atoms. The number of benzene rings is 2. The van der Waals surface area contributed by atoms with Crippen LogP contribution >= 0.6 is 11.8 Å². The van der Waals surface area contributed by atoms with E-state index in [-0.39, 0.29) is 11.7 Å². The van der Waals surface area contributed by atoms with Gasteiger partial charge in [0.1, 0.15) is 0 Å². The van der Waals surface area contributed by atoms with Crippen LogP contribution in [0.1, 0.15) is 13.3 Å². The second kappa shape index (κ2) is 7.84. The molecule has 0 aliphatic carbocycles. The summed E-state index contributed by atoms with van der Waals surface area (Å²) in [5.74, 6) is -0.676. The zero-order chi connectivity index (χ0) is 15.9. The first kappa shape index (κ1) is 16.4. The van der Waals surface area contributed by atoms with Crippen LogP contribution in [0.3, 0.4) is 0 Å². The summed E-state index contributed by atoms with van der Waals surface area (Å²) in [6.07, 6.45) is 1.68. The first-order valence-corrected chi connectivity index (χ1v) is 8.22. The molecule has 116 valence electrons. The summed E-state index contributed by atoms with van der Waals surface area (Å²) in [6.45, 7) is 1.82. The van der Waals surface area contributed by atoms with Gasteiger partial charge >= 0.3 is 0 Å². The molecule has 2 rings (SSSR count). The first-order chi connectivity index (χ1) is 10.6. The zero-order valence-electron chi connectivity index (χ0n) is 12.5. The van der Waals surface area contributed by atoms with Crippen LogP contribution < -0.4 is 10.1 Å². The highest BCUT2D eigenvalue weighted by Crippen LogP contribution is 2.21. The van der Waals surface area contributed by atoms with E-state index in [1.807, 2.05) is 37.4 Å².